The van der Waals surface area contributed by atoms with Crippen LogP contribution in [0.15, 0.2) is 72.9 Å². The molecule has 0 spiro atoms. The van der Waals surface area contributed by atoms with E-state index in [0.29, 0.717) is 13.1 Å². The fraction of sp³-hybridized carbons (Fsp3) is 0.261. The third kappa shape index (κ3) is 4.67. The van der Waals surface area contributed by atoms with Crippen LogP contribution >= 0.6 is 0 Å². The number of alkyl halides is 3. The minimum atomic E-state index is -4.53. The van der Waals surface area contributed by atoms with E-state index in [1.807, 2.05) is 48.7 Å². The number of urea groups is 1. The van der Waals surface area contributed by atoms with E-state index < -0.39 is 17.8 Å². The Morgan fingerprint density at radius 1 is 1.00 bits per heavy atom. The summed E-state index contributed by atoms with van der Waals surface area (Å²) in [5, 5.41) is 2.48. The number of para-hydroxylation sites is 1. The maximum absolute atomic E-state index is 13.3. The summed E-state index contributed by atoms with van der Waals surface area (Å²) in [6, 6.07) is 18.4. The Hall–Kier alpha value is -3.22. The number of nitrogens with zero attached hydrogens (tertiary/aromatic N) is 2. The maximum atomic E-state index is 13.3. The highest BCUT2D eigenvalue weighted by molar-refractivity contribution is 5.90. The first-order chi connectivity index (χ1) is 14.4. The molecule has 156 valence electrons. The van der Waals surface area contributed by atoms with Gasteiger partial charge in [-0.05, 0) is 42.7 Å². The Bertz CT molecular complexity index is 1010. The zero-order chi connectivity index (χ0) is 21.1. The quantitative estimate of drug-likeness (QED) is 0.549. The molecule has 1 fully saturated rings. The number of rotatable bonds is 6. The molecule has 4 nitrogen and oxygen atoms in total. The van der Waals surface area contributed by atoms with Gasteiger partial charge in [0.2, 0.25) is 0 Å². The van der Waals surface area contributed by atoms with Crippen LogP contribution in [0.25, 0.3) is 0 Å². The molecule has 4 rings (SSSR count). The summed E-state index contributed by atoms with van der Waals surface area (Å²) in [6.07, 6.45) is -0.871. The third-order valence-electron chi connectivity index (χ3n) is 5.17. The van der Waals surface area contributed by atoms with Crippen molar-refractivity contribution in [3.05, 3.63) is 89.7 Å². The van der Waals surface area contributed by atoms with Gasteiger partial charge in [0.15, 0.2) is 0 Å². The first kappa shape index (κ1) is 20.1. The predicted molar refractivity (Wildman–Crippen MR) is 109 cm³/mol. The zero-order valence-corrected chi connectivity index (χ0v) is 16.3. The van der Waals surface area contributed by atoms with Gasteiger partial charge in [-0.1, -0.05) is 42.5 Å². The molecule has 0 saturated heterocycles. The predicted octanol–water partition coefficient (Wildman–Crippen LogP) is 5.75. The lowest BCUT2D eigenvalue weighted by atomic mass is 10.1. The topological polar surface area (TPSA) is 37.3 Å². The molecule has 1 aliphatic carbocycles. The van der Waals surface area contributed by atoms with Gasteiger partial charge in [-0.3, -0.25) is 0 Å². The van der Waals surface area contributed by atoms with Crippen molar-refractivity contribution in [1.82, 2.24) is 9.47 Å². The Labute approximate surface area is 172 Å². The number of carbonyl (C=O) groups excluding carboxylic acids is 1. The van der Waals surface area contributed by atoms with Gasteiger partial charge in [-0.2, -0.15) is 13.2 Å². The van der Waals surface area contributed by atoms with Crippen molar-refractivity contribution < 1.29 is 18.0 Å². The van der Waals surface area contributed by atoms with Crippen molar-refractivity contribution in [2.24, 2.45) is 0 Å². The number of aromatic nitrogens is 1. The monoisotopic (exact) mass is 413 g/mol. The van der Waals surface area contributed by atoms with Crippen LogP contribution in [0.1, 0.15) is 29.7 Å². The summed E-state index contributed by atoms with van der Waals surface area (Å²) in [6.45, 7) is 1.00. The number of carbonyl (C=O) groups is 1. The van der Waals surface area contributed by atoms with Gasteiger partial charge >= 0.3 is 12.2 Å². The van der Waals surface area contributed by atoms with E-state index in [0.717, 1.165) is 30.2 Å². The molecule has 30 heavy (non-hydrogen) atoms. The summed E-state index contributed by atoms with van der Waals surface area (Å²) in [5.74, 6) is 0. The number of halogens is 3. The fourth-order valence-corrected chi connectivity index (χ4v) is 3.48. The average molecular weight is 413 g/mol. The van der Waals surface area contributed by atoms with E-state index in [-0.39, 0.29) is 11.7 Å². The third-order valence-corrected chi connectivity index (χ3v) is 5.17. The lowest BCUT2D eigenvalue weighted by molar-refractivity contribution is -0.136. The van der Waals surface area contributed by atoms with Crippen molar-refractivity contribution >= 4 is 11.7 Å². The first-order valence-corrected chi connectivity index (χ1v) is 9.83. The number of amides is 2. The van der Waals surface area contributed by atoms with Gasteiger partial charge in [0.25, 0.3) is 0 Å². The lowest BCUT2D eigenvalue weighted by Crippen LogP contribution is -2.37. The molecule has 0 radical (unpaired) electrons. The smallest absolute Gasteiger partial charge is 0.345 e. The zero-order valence-electron chi connectivity index (χ0n) is 16.3. The second-order valence-corrected chi connectivity index (χ2v) is 7.45. The van der Waals surface area contributed by atoms with Crippen molar-refractivity contribution in [1.29, 1.82) is 0 Å². The minimum absolute atomic E-state index is 0.0446. The molecule has 0 atom stereocenters. The molecule has 2 amide bonds. The lowest BCUT2D eigenvalue weighted by Gasteiger charge is -2.25. The van der Waals surface area contributed by atoms with Gasteiger partial charge < -0.3 is 14.8 Å². The van der Waals surface area contributed by atoms with Crippen LogP contribution in [-0.4, -0.2) is 21.5 Å². The van der Waals surface area contributed by atoms with Crippen molar-refractivity contribution in [2.75, 3.05) is 5.32 Å². The summed E-state index contributed by atoms with van der Waals surface area (Å²) in [4.78, 5) is 14.5. The standard InChI is InChI=1S/C23H22F3N3O/c24-23(25,26)20-10-4-5-11-21(20)27-22(30)29(18-12-13-18)16-19-9-6-14-28(19)15-17-7-2-1-3-8-17/h1-11,14,18H,12-13,15-16H2,(H,27,30). The Balaban J connectivity index is 1.51. The minimum Gasteiger partial charge on any atom is -0.345 e. The molecular formula is C23H22F3N3O. The van der Waals surface area contributed by atoms with Gasteiger partial charge in [0, 0.05) is 24.5 Å². The van der Waals surface area contributed by atoms with Crippen LogP contribution in [0.4, 0.5) is 23.7 Å². The Kier molecular flexibility index (Phi) is 5.53. The van der Waals surface area contributed by atoms with Crippen LogP contribution in [0, 0.1) is 0 Å². The van der Waals surface area contributed by atoms with E-state index >= 15 is 0 Å². The van der Waals surface area contributed by atoms with Gasteiger partial charge in [-0.15, -0.1) is 0 Å². The first-order valence-electron chi connectivity index (χ1n) is 9.83. The number of nitrogens with one attached hydrogen (secondary N) is 1. The molecule has 1 heterocycles. The van der Waals surface area contributed by atoms with Crippen LogP contribution < -0.4 is 5.32 Å². The van der Waals surface area contributed by atoms with Crippen LogP contribution in [-0.2, 0) is 19.3 Å². The molecule has 1 aromatic heterocycles. The second-order valence-electron chi connectivity index (χ2n) is 7.45. The van der Waals surface area contributed by atoms with E-state index in [1.54, 1.807) is 4.90 Å². The highest BCUT2D eigenvalue weighted by atomic mass is 19.4. The van der Waals surface area contributed by atoms with Crippen LogP contribution in [0.2, 0.25) is 0 Å². The molecule has 2 aromatic carbocycles. The number of hydrogen-bond donors (Lipinski definition) is 1. The maximum Gasteiger partial charge on any atom is 0.418 e. The fourth-order valence-electron chi connectivity index (χ4n) is 3.48. The summed E-state index contributed by atoms with van der Waals surface area (Å²) < 4.78 is 41.9. The summed E-state index contributed by atoms with van der Waals surface area (Å²) in [5.41, 5.74) is 1.00. The van der Waals surface area contributed by atoms with E-state index in [9.17, 15) is 18.0 Å². The van der Waals surface area contributed by atoms with Crippen molar-refractivity contribution in [2.45, 2.75) is 38.1 Å². The van der Waals surface area contributed by atoms with Gasteiger partial charge in [-0.25, -0.2) is 4.79 Å². The van der Waals surface area contributed by atoms with E-state index in [1.165, 1.54) is 18.2 Å². The van der Waals surface area contributed by atoms with Gasteiger partial charge in [0.05, 0.1) is 17.8 Å². The van der Waals surface area contributed by atoms with E-state index in [2.05, 4.69) is 9.88 Å². The van der Waals surface area contributed by atoms with E-state index in [4.69, 9.17) is 0 Å². The molecule has 0 aliphatic heterocycles. The molecule has 7 heteroatoms. The normalized spacial score (nSPS) is 13.8. The molecule has 1 N–H and O–H groups in total. The summed E-state index contributed by atoms with van der Waals surface area (Å²) in [7, 11) is 0. The number of hydrogen-bond acceptors (Lipinski definition) is 1. The summed E-state index contributed by atoms with van der Waals surface area (Å²) >= 11 is 0. The number of anilines is 1. The molecule has 1 aliphatic rings. The highest BCUT2D eigenvalue weighted by Gasteiger charge is 2.36. The largest absolute Gasteiger partial charge is 0.418 e. The van der Waals surface area contributed by atoms with Crippen LogP contribution in [0.3, 0.4) is 0 Å². The molecular weight excluding hydrogens is 391 g/mol. The molecule has 1 saturated carbocycles. The Morgan fingerprint density at radius 3 is 2.40 bits per heavy atom. The van der Waals surface area contributed by atoms with Gasteiger partial charge in [0.1, 0.15) is 0 Å². The van der Waals surface area contributed by atoms with Crippen LogP contribution in [0.5, 0.6) is 0 Å². The SMILES string of the molecule is O=C(Nc1ccccc1C(F)(F)F)N(Cc1cccn1Cc1ccccc1)C1CC1. The molecule has 0 bridgehead atoms. The van der Waals surface area contributed by atoms with Crippen molar-refractivity contribution in [3.63, 3.8) is 0 Å². The highest BCUT2D eigenvalue weighted by Crippen LogP contribution is 2.35. The molecule has 0 unspecified atom stereocenters. The molecule has 3 aromatic rings. The number of benzene rings is 2. The van der Waals surface area contributed by atoms with Crippen molar-refractivity contribution in [3.8, 4) is 0 Å². The average Bonchev–Trinajstić information content (AvgIpc) is 3.47. The Morgan fingerprint density at radius 2 is 1.70 bits per heavy atom. The second kappa shape index (κ2) is 8.26.